The normalized spacial score (nSPS) is 10.3. The Hall–Kier alpha value is -2.59. The molecular weight excluding hydrogens is 288 g/mol. The van der Waals surface area contributed by atoms with Crippen molar-refractivity contribution in [2.45, 2.75) is 0 Å². The largest absolute Gasteiger partial charge is 0.269 e. The molecule has 2 aromatic rings. The minimum atomic E-state index is -0.431. The van der Waals surface area contributed by atoms with Crippen LogP contribution in [0.5, 0.6) is 0 Å². The van der Waals surface area contributed by atoms with Crippen LogP contribution in [-0.4, -0.2) is 11.8 Å². The van der Waals surface area contributed by atoms with E-state index in [1.807, 2.05) is 12.1 Å². The Morgan fingerprint density at radius 1 is 0.952 bits per heavy atom. The Bertz CT molecular complexity index is 669. The molecule has 0 spiro atoms. The summed E-state index contributed by atoms with van der Waals surface area (Å²) >= 11 is 5.84. The lowest BCUT2D eigenvalue weighted by Crippen LogP contribution is -2.40. The molecule has 0 fully saturated rings. The van der Waals surface area contributed by atoms with E-state index < -0.39 is 5.91 Å². The van der Waals surface area contributed by atoms with Gasteiger partial charge in [-0.05, 0) is 35.9 Å². The molecule has 0 saturated heterocycles. The molecular formula is C16H13ClN2O2. The maximum absolute atomic E-state index is 11.7. The summed E-state index contributed by atoms with van der Waals surface area (Å²) in [5.74, 6) is -0.806. The zero-order chi connectivity index (χ0) is 15.1. The third-order valence-electron chi connectivity index (χ3n) is 2.61. The lowest BCUT2D eigenvalue weighted by atomic mass is 10.2. The molecule has 0 atom stereocenters. The van der Waals surface area contributed by atoms with Crippen LogP contribution in [0.25, 0.3) is 6.08 Å². The molecule has 4 nitrogen and oxygen atoms in total. The second-order valence-corrected chi connectivity index (χ2v) is 4.63. The molecule has 0 radical (unpaired) electrons. The number of carbonyl (C=O) groups is 2. The van der Waals surface area contributed by atoms with Crippen molar-refractivity contribution in [1.82, 2.24) is 10.9 Å². The molecule has 2 aromatic carbocycles. The lowest BCUT2D eigenvalue weighted by Gasteiger charge is -2.04. The summed E-state index contributed by atoms with van der Waals surface area (Å²) in [4.78, 5) is 23.3. The van der Waals surface area contributed by atoms with Crippen LogP contribution < -0.4 is 10.9 Å². The molecule has 0 bridgehead atoms. The molecule has 0 heterocycles. The highest BCUT2D eigenvalue weighted by atomic mass is 35.5. The fourth-order valence-electron chi connectivity index (χ4n) is 1.60. The molecule has 0 saturated carbocycles. The molecule has 0 aliphatic rings. The number of hydrogen-bond donors (Lipinski definition) is 2. The van der Waals surface area contributed by atoms with E-state index in [-0.39, 0.29) is 5.91 Å². The summed E-state index contributed by atoms with van der Waals surface area (Å²) in [7, 11) is 0. The van der Waals surface area contributed by atoms with Gasteiger partial charge in [-0.3, -0.25) is 20.4 Å². The van der Waals surface area contributed by atoms with Gasteiger partial charge in [0.25, 0.3) is 11.8 Å². The van der Waals surface area contributed by atoms with Crippen LogP contribution in [0.15, 0.2) is 60.7 Å². The van der Waals surface area contributed by atoms with E-state index in [1.54, 1.807) is 48.5 Å². The molecule has 0 aliphatic carbocycles. The molecule has 2 N–H and O–H groups in total. The second kappa shape index (κ2) is 7.26. The monoisotopic (exact) mass is 300 g/mol. The number of halogens is 1. The SMILES string of the molecule is O=C(C=Cc1cccc(Cl)c1)NNC(=O)c1ccccc1. The Morgan fingerprint density at radius 3 is 2.43 bits per heavy atom. The van der Waals surface area contributed by atoms with Crippen LogP contribution >= 0.6 is 11.6 Å². The van der Waals surface area contributed by atoms with Gasteiger partial charge in [0.15, 0.2) is 0 Å². The average Bonchev–Trinajstić information content (AvgIpc) is 2.51. The van der Waals surface area contributed by atoms with E-state index in [9.17, 15) is 9.59 Å². The van der Waals surface area contributed by atoms with Gasteiger partial charge in [0.2, 0.25) is 0 Å². The average molecular weight is 301 g/mol. The Labute approximate surface area is 127 Å². The molecule has 5 heteroatoms. The standard InChI is InChI=1S/C16H13ClN2O2/c17-14-8-4-5-12(11-14)9-10-15(20)18-19-16(21)13-6-2-1-3-7-13/h1-11H,(H,18,20)(H,19,21). The van der Waals surface area contributed by atoms with Gasteiger partial charge in [-0.15, -0.1) is 0 Å². The fourth-order valence-corrected chi connectivity index (χ4v) is 1.80. The Morgan fingerprint density at radius 2 is 1.71 bits per heavy atom. The first-order chi connectivity index (χ1) is 10.1. The van der Waals surface area contributed by atoms with Gasteiger partial charge in [-0.2, -0.15) is 0 Å². The first kappa shape index (κ1) is 14.8. The number of hydrogen-bond acceptors (Lipinski definition) is 2. The molecule has 0 aliphatic heterocycles. The zero-order valence-electron chi connectivity index (χ0n) is 11.0. The first-order valence-corrected chi connectivity index (χ1v) is 6.62. The van der Waals surface area contributed by atoms with Crippen LogP contribution in [-0.2, 0) is 4.79 Å². The van der Waals surface area contributed by atoms with E-state index in [2.05, 4.69) is 10.9 Å². The number of rotatable bonds is 3. The van der Waals surface area contributed by atoms with E-state index in [1.165, 1.54) is 6.08 Å². The summed E-state index contributed by atoms with van der Waals surface area (Å²) in [6, 6.07) is 15.7. The van der Waals surface area contributed by atoms with Gasteiger partial charge >= 0.3 is 0 Å². The summed E-state index contributed by atoms with van der Waals surface area (Å²) in [5, 5.41) is 0.593. The second-order valence-electron chi connectivity index (χ2n) is 4.20. The van der Waals surface area contributed by atoms with Crippen molar-refractivity contribution in [2.24, 2.45) is 0 Å². The topological polar surface area (TPSA) is 58.2 Å². The van der Waals surface area contributed by atoms with Crippen LogP contribution in [0.1, 0.15) is 15.9 Å². The van der Waals surface area contributed by atoms with Crippen molar-refractivity contribution < 1.29 is 9.59 Å². The van der Waals surface area contributed by atoms with Crippen LogP contribution in [0.3, 0.4) is 0 Å². The summed E-state index contributed by atoms with van der Waals surface area (Å²) in [5.41, 5.74) is 5.91. The van der Waals surface area contributed by atoms with Gasteiger partial charge in [-0.1, -0.05) is 41.9 Å². The third-order valence-corrected chi connectivity index (χ3v) is 2.85. The smallest absolute Gasteiger partial charge is 0.268 e. The predicted octanol–water partition coefficient (Wildman–Crippen LogP) is 2.81. The van der Waals surface area contributed by atoms with Crippen molar-refractivity contribution in [1.29, 1.82) is 0 Å². The summed E-state index contributed by atoms with van der Waals surface area (Å²) in [6.45, 7) is 0. The highest BCUT2D eigenvalue weighted by molar-refractivity contribution is 6.30. The summed E-state index contributed by atoms with van der Waals surface area (Å²) in [6.07, 6.45) is 2.92. The quantitative estimate of drug-likeness (QED) is 0.676. The Balaban J connectivity index is 1.86. The van der Waals surface area contributed by atoms with Gasteiger partial charge in [0.1, 0.15) is 0 Å². The van der Waals surface area contributed by atoms with Crippen molar-refractivity contribution in [3.8, 4) is 0 Å². The van der Waals surface area contributed by atoms with Crippen molar-refractivity contribution >= 4 is 29.5 Å². The molecule has 2 amide bonds. The van der Waals surface area contributed by atoms with E-state index in [0.29, 0.717) is 10.6 Å². The predicted molar refractivity (Wildman–Crippen MR) is 82.5 cm³/mol. The molecule has 0 aromatic heterocycles. The van der Waals surface area contributed by atoms with E-state index in [4.69, 9.17) is 11.6 Å². The number of amides is 2. The molecule has 2 rings (SSSR count). The zero-order valence-corrected chi connectivity index (χ0v) is 11.8. The Kier molecular flexibility index (Phi) is 5.12. The third kappa shape index (κ3) is 4.78. The van der Waals surface area contributed by atoms with Gasteiger partial charge < -0.3 is 0 Å². The highest BCUT2D eigenvalue weighted by Crippen LogP contribution is 2.11. The van der Waals surface area contributed by atoms with Gasteiger partial charge in [-0.25, -0.2) is 0 Å². The van der Waals surface area contributed by atoms with Crippen molar-refractivity contribution in [2.75, 3.05) is 0 Å². The molecule has 106 valence electrons. The first-order valence-electron chi connectivity index (χ1n) is 6.24. The van der Waals surface area contributed by atoms with Crippen LogP contribution in [0.2, 0.25) is 5.02 Å². The number of benzene rings is 2. The number of nitrogens with one attached hydrogen (secondary N) is 2. The number of carbonyl (C=O) groups excluding carboxylic acids is 2. The molecule has 21 heavy (non-hydrogen) atoms. The van der Waals surface area contributed by atoms with Crippen molar-refractivity contribution in [3.05, 3.63) is 76.8 Å². The minimum Gasteiger partial charge on any atom is -0.268 e. The molecule has 0 unspecified atom stereocenters. The number of hydrazine groups is 1. The van der Waals surface area contributed by atoms with Crippen LogP contribution in [0.4, 0.5) is 0 Å². The highest BCUT2D eigenvalue weighted by Gasteiger charge is 2.04. The maximum Gasteiger partial charge on any atom is 0.269 e. The van der Waals surface area contributed by atoms with E-state index >= 15 is 0 Å². The fraction of sp³-hybridized carbons (Fsp3) is 0. The van der Waals surface area contributed by atoms with Gasteiger partial charge in [0, 0.05) is 16.7 Å². The van der Waals surface area contributed by atoms with E-state index in [0.717, 1.165) is 5.56 Å². The van der Waals surface area contributed by atoms with Crippen molar-refractivity contribution in [3.63, 3.8) is 0 Å². The van der Waals surface area contributed by atoms with Gasteiger partial charge in [0.05, 0.1) is 0 Å². The summed E-state index contributed by atoms with van der Waals surface area (Å²) < 4.78 is 0. The van der Waals surface area contributed by atoms with Crippen LogP contribution in [0, 0.1) is 0 Å². The maximum atomic E-state index is 11.7. The minimum absolute atomic E-state index is 0.375. The lowest BCUT2D eigenvalue weighted by molar-refractivity contribution is -0.117.